The SMILES string of the molecule is O=C(O)C12CCC(CNC1)C2O. The van der Waals surface area contributed by atoms with Gasteiger partial charge in [0.1, 0.15) is 5.41 Å². The largest absolute Gasteiger partial charge is 0.481 e. The lowest BCUT2D eigenvalue weighted by Gasteiger charge is -2.34. The van der Waals surface area contributed by atoms with Crippen molar-refractivity contribution in [1.29, 1.82) is 0 Å². The summed E-state index contributed by atoms with van der Waals surface area (Å²) in [6.07, 6.45) is 0.804. The summed E-state index contributed by atoms with van der Waals surface area (Å²) in [5.74, 6) is -0.709. The van der Waals surface area contributed by atoms with Crippen molar-refractivity contribution < 1.29 is 15.0 Å². The number of fused-ring (bicyclic) bond motifs is 2. The Labute approximate surface area is 70.6 Å². The number of hydrogen-bond donors (Lipinski definition) is 3. The molecule has 0 aromatic rings. The fourth-order valence-corrected chi connectivity index (χ4v) is 2.40. The van der Waals surface area contributed by atoms with E-state index in [0.717, 1.165) is 13.0 Å². The molecule has 1 saturated carbocycles. The van der Waals surface area contributed by atoms with E-state index in [-0.39, 0.29) is 5.92 Å². The van der Waals surface area contributed by atoms with Gasteiger partial charge in [-0.2, -0.15) is 0 Å². The lowest BCUT2D eigenvalue weighted by molar-refractivity contribution is -0.156. The normalized spacial score (nSPS) is 46.1. The van der Waals surface area contributed by atoms with Gasteiger partial charge in [0, 0.05) is 13.1 Å². The summed E-state index contributed by atoms with van der Waals surface area (Å²) >= 11 is 0. The van der Waals surface area contributed by atoms with Crippen LogP contribution in [0.5, 0.6) is 0 Å². The van der Waals surface area contributed by atoms with Gasteiger partial charge in [-0.15, -0.1) is 0 Å². The summed E-state index contributed by atoms with van der Waals surface area (Å²) in [4.78, 5) is 10.9. The van der Waals surface area contributed by atoms with E-state index in [2.05, 4.69) is 5.32 Å². The number of piperidine rings is 1. The van der Waals surface area contributed by atoms with Crippen molar-refractivity contribution in [2.75, 3.05) is 13.1 Å². The number of carboxylic acids is 1. The lowest BCUT2D eigenvalue weighted by atomic mass is 9.80. The molecule has 0 amide bonds. The molecule has 1 saturated heterocycles. The molecular weight excluding hydrogens is 158 g/mol. The maximum atomic E-state index is 10.9. The summed E-state index contributed by atoms with van der Waals surface area (Å²) in [6, 6.07) is 0. The average Bonchev–Trinajstić information content (AvgIpc) is 2.28. The highest BCUT2D eigenvalue weighted by molar-refractivity contribution is 5.76. The molecule has 0 aromatic carbocycles. The number of rotatable bonds is 1. The molecule has 1 aliphatic carbocycles. The van der Waals surface area contributed by atoms with Gasteiger partial charge in [-0.25, -0.2) is 0 Å². The first-order chi connectivity index (χ1) is 5.67. The van der Waals surface area contributed by atoms with Gasteiger partial charge in [0.2, 0.25) is 0 Å². The Kier molecular flexibility index (Phi) is 1.63. The number of aliphatic carboxylic acids is 1. The van der Waals surface area contributed by atoms with Gasteiger partial charge in [0.25, 0.3) is 0 Å². The highest BCUT2D eigenvalue weighted by atomic mass is 16.4. The molecule has 2 bridgehead atoms. The molecule has 3 N–H and O–H groups in total. The second kappa shape index (κ2) is 2.44. The molecule has 12 heavy (non-hydrogen) atoms. The van der Waals surface area contributed by atoms with Crippen LogP contribution in [0.1, 0.15) is 12.8 Å². The Balaban J connectivity index is 2.29. The minimum absolute atomic E-state index is 0.148. The second-order valence-electron chi connectivity index (χ2n) is 3.84. The molecule has 4 nitrogen and oxygen atoms in total. The zero-order valence-electron chi connectivity index (χ0n) is 6.79. The summed E-state index contributed by atoms with van der Waals surface area (Å²) in [5.41, 5.74) is -0.886. The van der Waals surface area contributed by atoms with Crippen molar-refractivity contribution in [3.05, 3.63) is 0 Å². The molecule has 0 spiro atoms. The third-order valence-electron chi connectivity index (χ3n) is 3.25. The predicted molar refractivity (Wildman–Crippen MR) is 41.7 cm³/mol. The molecule has 0 radical (unpaired) electrons. The van der Waals surface area contributed by atoms with Gasteiger partial charge in [0.15, 0.2) is 0 Å². The van der Waals surface area contributed by atoms with Crippen molar-refractivity contribution in [1.82, 2.24) is 5.32 Å². The van der Waals surface area contributed by atoms with Crippen molar-refractivity contribution in [2.24, 2.45) is 11.3 Å². The molecule has 4 heteroatoms. The van der Waals surface area contributed by atoms with E-state index in [1.54, 1.807) is 0 Å². The topological polar surface area (TPSA) is 69.6 Å². The van der Waals surface area contributed by atoms with Crippen LogP contribution >= 0.6 is 0 Å². The number of nitrogens with one attached hydrogen (secondary N) is 1. The van der Waals surface area contributed by atoms with Crippen LogP contribution in [-0.2, 0) is 4.79 Å². The molecule has 2 fully saturated rings. The Hall–Kier alpha value is -0.610. The number of aliphatic hydroxyl groups is 1. The van der Waals surface area contributed by atoms with Crippen molar-refractivity contribution in [2.45, 2.75) is 18.9 Å². The zero-order valence-corrected chi connectivity index (χ0v) is 6.79. The average molecular weight is 171 g/mol. The first kappa shape index (κ1) is 8.01. The molecule has 68 valence electrons. The zero-order chi connectivity index (χ0) is 8.77. The van der Waals surface area contributed by atoms with Crippen LogP contribution in [0.2, 0.25) is 0 Å². The van der Waals surface area contributed by atoms with Crippen molar-refractivity contribution >= 4 is 5.97 Å². The van der Waals surface area contributed by atoms with Gasteiger partial charge in [-0.05, 0) is 18.8 Å². The maximum absolute atomic E-state index is 10.9. The molecule has 1 aliphatic heterocycles. The minimum atomic E-state index is -0.886. The van der Waals surface area contributed by atoms with E-state index in [4.69, 9.17) is 5.11 Å². The molecular formula is C8H13NO3. The number of carbonyl (C=O) groups is 1. The Morgan fingerprint density at radius 3 is 2.92 bits per heavy atom. The third-order valence-corrected chi connectivity index (χ3v) is 3.25. The highest BCUT2D eigenvalue weighted by Crippen LogP contribution is 2.44. The van der Waals surface area contributed by atoms with Crippen LogP contribution in [0.4, 0.5) is 0 Å². The summed E-state index contributed by atoms with van der Waals surface area (Å²) < 4.78 is 0. The predicted octanol–water partition coefficient (Wildman–Crippen LogP) is -0.569. The number of carboxylic acid groups (broad SMARTS) is 1. The maximum Gasteiger partial charge on any atom is 0.313 e. The van der Waals surface area contributed by atoms with Crippen molar-refractivity contribution in [3.8, 4) is 0 Å². The van der Waals surface area contributed by atoms with E-state index in [1.165, 1.54) is 0 Å². The van der Waals surface area contributed by atoms with Crippen LogP contribution in [0.3, 0.4) is 0 Å². The first-order valence-corrected chi connectivity index (χ1v) is 4.29. The Bertz CT molecular complexity index is 214. The Morgan fingerprint density at radius 2 is 2.33 bits per heavy atom. The highest BCUT2D eigenvalue weighted by Gasteiger charge is 2.55. The van der Waals surface area contributed by atoms with E-state index < -0.39 is 17.5 Å². The van der Waals surface area contributed by atoms with E-state index in [9.17, 15) is 9.90 Å². The number of hydrogen-bond acceptors (Lipinski definition) is 3. The smallest absolute Gasteiger partial charge is 0.313 e. The fraction of sp³-hybridized carbons (Fsp3) is 0.875. The van der Waals surface area contributed by atoms with Crippen LogP contribution in [-0.4, -0.2) is 35.4 Å². The summed E-state index contributed by atoms with van der Waals surface area (Å²) in [6.45, 7) is 1.18. The molecule has 1 heterocycles. The van der Waals surface area contributed by atoms with Crippen LogP contribution in [0, 0.1) is 11.3 Å². The molecule has 3 unspecified atom stereocenters. The van der Waals surface area contributed by atoms with E-state index in [0.29, 0.717) is 13.0 Å². The third kappa shape index (κ3) is 0.820. The fourth-order valence-electron chi connectivity index (χ4n) is 2.40. The van der Waals surface area contributed by atoms with Gasteiger partial charge in [-0.3, -0.25) is 4.79 Å². The molecule has 2 rings (SSSR count). The Morgan fingerprint density at radius 1 is 1.58 bits per heavy atom. The molecule has 3 atom stereocenters. The van der Waals surface area contributed by atoms with E-state index in [1.807, 2.05) is 0 Å². The summed E-state index contributed by atoms with van der Waals surface area (Å²) in [7, 11) is 0. The van der Waals surface area contributed by atoms with Gasteiger partial charge < -0.3 is 15.5 Å². The molecule has 2 aliphatic rings. The first-order valence-electron chi connectivity index (χ1n) is 4.29. The van der Waals surface area contributed by atoms with Crippen LogP contribution in [0.25, 0.3) is 0 Å². The molecule has 0 aromatic heterocycles. The number of aliphatic hydroxyl groups excluding tert-OH is 1. The lowest BCUT2D eigenvalue weighted by Crippen LogP contribution is -2.53. The monoisotopic (exact) mass is 171 g/mol. The van der Waals surface area contributed by atoms with Crippen LogP contribution in [0.15, 0.2) is 0 Å². The van der Waals surface area contributed by atoms with E-state index >= 15 is 0 Å². The summed E-state index contributed by atoms with van der Waals surface area (Å²) in [5, 5.41) is 21.8. The van der Waals surface area contributed by atoms with Crippen molar-refractivity contribution in [3.63, 3.8) is 0 Å². The van der Waals surface area contributed by atoms with Crippen LogP contribution < -0.4 is 5.32 Å². The van der Waals surface area contributed by atoms with Gasteiger partial charge in [0.05, 0.1) is 6.10 Å². The standard InChI is InChI=1S/C8H13NO3/c10-6-5-1-2-8(6,7(11)12)4-9-3-5/h5-6,9-10H,1-4H2,(H,11,12). The van der Waals surface area contributed by atoms with Gasteiger partial charge >= 0.3 is 5.97 Å². The quantitative estimate of drug-likeness (QED) is 0.494. The second-order valence-corrected chi connectivity index (χ2v) is 3.84. The van der Waals surface area contributed by atoms with Gasteiger partial charge in [-0.1, -0.05) is 0 Å². The minimum Gasteiger partial charge on any atom is -0.481 e.